The van der Waals surface area contributed by atoms with E-state index in [2.05, 4.69) is 4.74 Å². The first-order valence-corrected chi connectivity index (χ1v) is 5.30. The third-order valence-corrected chi connectivity index (χ3v) is 2.03. The van der Waals surface area contributed by atoms with Gasteiger partial charge in [-0.1, -0.05) is 25.1 Å². The fourth-order valence-corrected chi connectivity index (χ4v) is 1.33. The van der Waals surface area contributed by atoms with Gasteiger partial charge in [0, 0.05) is 6.61 Å². The Morgan fingerprint density at radius 1 is 1.31 bits per heavy atom. The van der Waals surface area contributed by atoms with E-state index in [1.807, 2.05) is 19.1 Å². The van der Waals surface area contributed by atoms with Crippen molar-refractivity contribution in [1.29, 1.82) is 0 Å². The van der Waals surface area contributed by atoms with Gasteiger partial charge in [-0.15, -0.1) is 0 Å². The van der Waals surface area contributed by atoms with Crippen LogP contribution in [-0.4, -0.2) is 24.5 Å². The van der Waals surface area contributed by atoms with E-state index >= 15 is 0 Å². The molecule has 0 atom stereocenters. The maximum Gasteiger partial charge on any atom is 0.511 e. The first-order chi connectivity index (χ1) is 7.74. The van der Waals surface area contributed by atoms with Crippen LogP contribution in [0.25, 0.3) is 0 Å². The summed E-state index contributed by atoms with van der Waals surface area (Å²) in [4.78, 5) is 10.4. The van der Waals surface area contributed by atoms with Crippen molar-refractivity contribution in [1.82, 2.24) is 0 Å². The number of hydrogen-bond donors (Lipinski definition) is 1. The van der Waals surface area contributed by atoms with Crippen molar-refractivity contribution < 1.29 is 19.4 Å². The summed E-state index contributed by atoms with van der Waals surface area (Å²) in [6, 6.07) is 7.08. The molecule has 16 heavy (non-hydrogen) atoms. The van der Waals surface area contributed by atoms with E-state index in [9.17, 15) is 4.79 Å². The monoisotopic (exact) mass is 224 g/mol. The largest absolute Gasteiger partial charge is 0.511 e. The lowest BCUT2D eigenvalue weighted by atomic mass is 10.1. The Labute approximate surface area is 94.8 Å². The van der Waals surface area contributed by atoms with Crippen LogP contribution in [0.2, 0.25) is 0 Å². The Hall–Kier alpha value is -1.55. The predicted molar refractivity (Wildman–Crippen MR) is 59.9 cm³/mol. The molecule has 0 spiro atoms. The zero-order valence-electron chi connectivity index (χ0n) is 9.31. The number of rotatable bonds is 6. The topological polar surface area (TPSA) is 55.8 Å². The van der Waals surface area contributed by atoms with Gasteiger partial charge in [-0.05, 0) is 24.5 Å². The Morgan fingerprint density at radius 2 is 2.06 bits per heavy atom. The molecule has 0 amide bonds. The quantitative estimate of drug-likeness (QED) is 0.458. The van der Waals surface area contributed by atoms with Crippen molar-refractivity contribution in [2.45, 2.75) is 19.8 Å². The summed E-state index contributed by atoms with van der Waals surface area (Å²) in [5.74, 6) is 0.384. The van der Waals surface area contributed by atoms with Crippen molar-refractivity contribution in [2.75, 3.05) is 13.2 Å². The van der Waals surface area contributed by atoms with Crippen LogP contribution in [0.3, 0.4) is 0 Å². The number of carbonyl (C=O) groups is 1. The van der Waals surface area contributed by atoms with Gasteiger partial charge in [-0.25, -0.2) is 4.79 Å². The second-order valence-corrected chi connectivity index (χ2v) is 3.34. The van der Waals surface area contributed by atoms with Crippen molar-refractivity contribution in [3.63, 3.8) is 0 Å². The average molecular weight is 224 g/mol. The maximum atomic E-state index is 10.4. The highest BCUT2D eigenvalue weighted by Crippen LogP contribution is 2.18. The summed E-state index contributed by atoms with van der Waals surface area (Å²) in [6.45, 7) is 3.34. The molecule has 1 aromatic carbocycles. The molecule has 1 rings (SSSR count). The number of benzene rings is 1. The third kappa shape index (κ3) is 4.31. The molecular weight excluding hydrogens is 208 g/mol. The van der Waals surface area contributed by atoms with Crippen LogP contribution in [0.1, 0.15) is 18.9 Å². The summed E-state index contributed by atoms with van der Waals surface area (Å²) < 4.78 is 10.0. The lowest BCUT2D eigenvalue weighted by Crippen LogP contribution is -2.07. The molecule has 0 unspecified atom stereocenters. The van der Waals surface area contributed by atoms with Gasteiger partial charge in [0.05, 0.1) is 6.61 Å². The fourth-order valence-electron chi connectivity index (χ4n) is 1.33. The third-order valence-electron chi connectivity index (χ3n) is 2.03. The number of hydrogen-bond acceptors (Lipinski definition) is 3. The standard InChI is InChI=1S/C12H16O4/c1-2-8-15-9-7-10-5-3-4-6-11(10)16-12(13)14/h3-6H,2,7-9H2,1H3,(H,13,14). The smallest absolute Gasteiger partial charge is 0.449 e. The van der Waals surface area contributed by atoms with Gasteiger partial charge >= 0.3 is 6.16 Å². The molecule has 0 aliphatic rings. The maximum absolute atomic E-state index is 10.4. The van der Waals surface area contributed by atoms with E-state index in [1.54, 1.807) is 12.1 Å². The minimum atomic E-state index is -1.29. The molecule has 0 saturated carbocycles. The zero-order valence-corrected chi connectivity index (χ0v) is 9.31. The second-order valence-electron chi connectivity index (χ2n) is 3.34. The molecule has 1 N–H and O–H groups in total. The van der Waals surface area contributed by atoms with E-state index in [-0.39, 0.29) is 0 Å². The van der Waals surface area contributed by atoms with Crippen molar-refractivity contribution in [2.24, 2.45) is 0 Å². The first kappa shape index (κ1) is 12.5. The van der Waals surface area contributed by atoms with Gasteiger partial charge in [-0.2, -0.15) is 0 Å². The van der Waals surface area contributed by atoms with Crippen LogP contribution >= 0.6 is 0 Å². The Kier molecular flexibility index (Phi) is 5.36. The van der Waals surface area contributed by atoms with Gasteiger partial charge in [-0.3, -0.25) is 0 Å². The van der Waals surface area contributed by atoms with Crippen LogP contribution in [0, 0.1) is 0 Å². The summed E-state index contributed by atoms with van der Waals surface area (Å²) in [5.41, 5.74) is 0.848. The Balaban J connectivity index is 2.53. The molecule has 0 saturated heterocycles. The highest BCUT2D eigenvalue weighted by Gasteiger charge is 2.06. The molecule has 0 aliphatic carbocycles. The summed E-state index contributed by atoms with van der Waals surface area (Å²) in [5, 5.41) is 8.55. The number of carboxylic acid groups (broad SMARTS) is 1. The van der Waals surface area contributed by atoms with Gasteiger partial charge < -0.3 is 14.6 Å². The van der Waals surface area contributed by atoms with Crippen LogP contribution in [-0.2, 0) is 11.2 Å². The molecule has 1 aromatic rings. The van der Waals surface area contributed by atoms with Gasteiger partial charge in [0.2, 0.25) is 0 Å². The highest BCUT2D eigenvalue weighted by atomic mass is 16.7. The fraction of sp³-hybridized carbons (Fsp3) is 0.417. The number of ether oxygens (including phenoxy) is 2. The van der Waals surface area contributed by atoms with Crippen LogP contribution in [0.5, 0.6) is 5.75 Å². The molecule has 0 radical (unpaired) electrons. The molecule has 0 aromatic heterocycles. The normalized spacial score (nSPS) is 10.1. The van der Waals surface area contributed by atoms with Crippen molar-refractivity contribution in [3.8, 4) is 5.75 Å². The van der Waals surface area contributed by atoms with Gasteiger partial charge in [0.25, 0.3) is 0 Å². The lowest BCUT2D eigenvalue weighted by Gasteiger charge is -2.07. The van der Waals surface area contributed by atoms with E-state index in [4.69, 9.17) is 9.84 Å². The Morgan fingerprint density at radius 3 is 2.75 bits per heavy atom. The molecule has 88 valence electrons. The van der Waals surface area contributed by atoms with Gasteiger partial charge in [0.15, 0.2) is 0 Å². The Bertz CT molecular complexity index is 336. The average Bonchev–Trinajstić information content (AvgIpc) is 2.26. The molecule has 0 heterocycles. The summed E-state index contributed by atoms with van der Waals surface area (Å²) >= 11 is 0. The molecule has 0 aliphatic heterocycles. The highest BCUT2D eigenvalue weighted by molar-refractivity contribution is 5.62. The second kappa shape index (κ2) is 6.85. The van der Waals surface area contributed by atoms with Crippen molar-refractivity contribution >= 4 is 6.16 Å². The first-order valence-electron chi connectivity index (χ1n) is 5.30. The van der Waals surface area contributed by atoms with E-state index in [1.165, 1.54) is 0 Å². The summed E-state index contributed by atoms with van der Waals surface area (Å²) in [6.07, 6.45) is 0.346. The predicted octanol–water partition coefficient (Wildman–Crippen LogP) is 2.71. The van der Waals surface area contributed by atoms with Crippen molar-refractivity contribution in [3.05, 3.63) is 29.8 Å². The van der Waals surface area contributed by atoms with Crippen LogP contribution < -0.4 is 4.74 Å². The molecule has 0 bridgehead atoms. The van der Waals surface area contributed by atoms with E-state index in [0.29, 0.717) is 18.8 Å². The lowest BCUT2D eigenvalue weighted by molar-refractivity contribution is 0.134. The molecular formula is C12H16O4. The molecule has 0 fully saturated rings. The zero-order chi connectivity index (χ0) is 11.8. The van der Waals surface area contributed by atoms with E-state index < -0.39 is 6.16 Å². The minimum absolute atomic E-state index is 0.384. The minimum Gasteiger partial charge on any atom is -0.449 e. The van der Waals surface area contributed by atoms with Gasteiger partial charge in [0.1, 0.15) is 5.75 Å². The van der Waals surface area contributed by atoms with E-state index in [0.717, 1.165) is 18.6 Å². The van der Waals surface area contributed by atoms with Crippen LogP contribution in [0.15, 0.2) is 24.3 Å². The number of para-hydroxylation sites is 1. The van der Waals surface area contributed by atoms with Crippen LogP contribution in [0.4, 0.5) is 4.79 Å². The SMILES string of the molecule is CCCOCCc1ccccc1OC(=O)O. The molecule has 4 nitrogen and oxygen atoms in total. The summed E-state index contributed by atoms with van der Waals surface area (Å²) in [7, 11) is 0. The molecule has 4 heteroatoms.